The highest BCUT2D eigenvalue weighted by Crippen LogP contribution is 2.28. The van der Waals surface area contributed by atoms with E-state index < -0.39 is 0 Å². The molecule has 1 aliphatic rings. The van der Waals surface area contributed by atoms with E-state index >= 15 is 0 Å². The Kier molecular flexibility index (Phi) is 10.3. The lowest BCUT2D eigenvalue weighted by molar-refractivity contribution is 0.0733. The van der Waals surface area contributed by atoms with Crippen molar-refractivity contribution in [1.29, 1.82) is 0 Å². The number of nitrogens with zero attached hydrogens (tertiary/aromatic N) is 1. The van der Waals surface area contributed by atoms with Crippen LogP contribution in [-0.2, 0) is 9.47 Å². The van der Waals surface area contributed by atoms with Gasteiger partial charge in [-0.05, 0) is 18.8 Å². The first-order valence-corrected chi connectivity index (χ1v) is 7.88. The van der Waals surface area contributed by atoms with Crippen LogP contribution in [0.15, 0.2) is 4.99 Å². The summed E-state index contributed by atoms with van der Waals surface area (Å²) in [4.78, 5) is 4.21. The van der Waals surface area contributed by atoms with Crippen LogP contribution in [0.2, 0.25) is 0 Å². The fourth-order valence-electron chi connectivity index (χ4n) is 2.60. The van der Waals surface area contributed by atoms with Gasteiger partial charge in [0.2, 0.25) is 0 Å². The molecule has 0 radical (unpaired) electrons. The molecule has 5 heteroatoms. The van der Waals surface area contributed by atoms with E-state index in [2.05, 4.69) is 15.6 Å². The van der Waals surface area contributed by atoms with Crippen molar-refractivity contribution in [2.24, 2.45) is 10.9 Å². The molecule has 5 nitrogen and oxygen atoms in total. The van der Waals surface area contributed by atoms with Gasteiger partial charge in [-0.2, -0.15) is 0 Å². The minimum absolute atomic E-state index is 0.644. The van der Waals surface area contributed by atoms with Crippen LogP contribution in [-0.4, -0.2) is 53.0 Å². The van der Waals surface area contributed by atoms with Crippen molar-refractivity contribution in [1.82, 2.24) is 10.6 Å². The number of rotatable bonds is 10. The van der Waals surface area contributed by atoms with Crippen LogP contribution in [0.25, 0.3) is 0 Å². The molecule has 0 bridgehead atoms. The highest BCUT2D eigenvalue weighted by atomic mass is 16.5. The largest absolute Gasteiger partial charge is 0.382 e. The van der Waals surface area contributed by atoms with Gasteiger partial charge in [-0.15, -0.1) is 0 Å². The predicted molar refractivity (Wildman–Crippen MR) is 83.3 cm³/mol. The van der Waals surface area contributed by atoms with Crippen molar-refractivity contribution in [3.8, 4) is 0 Å². The van der Waals surface area contributed by atoms with Crippen LogP contribution in [0.5, 0.6) is 0 Å². The third-order valence-corrected chi connectivity index (χ3v) is 3.75. The van der Waals surface area contributed by atoms with Crippen LogP contribution in [0.1, 0.15) is 38.5 Å². The van der Waals surface area contributed by atoms with Crippen molar-refractivity contribution in [3.63, 3.8) is 0 Å². The molecule has 0 aromatic heterocycles. The monoisotopic (exact) mass is 285 g/mol. The van der Waals surface area contributed by atoms with Gasteiger partial charge in [-0.1, -0.05) is 25.7 Å². The van der Waals surface area contributed by atoms with Crippen LogP contribution in [0, 0.1) is 5.92 Å². The molecule has 0 aliphatic heterocycles. The van der Waals surface area contributed by atoms with Crippen molar-refractivity contribution in [2.45, 2.75) is 38.5 Å². The molecule has 0 atom stereocenters. The fraction of sp³-hybridized carbons (Fsp3) is 0.933. The third-order valence-electron chi connectivity index (χ3n) is 3.75. The van der Waals surface area contributed by atoms with Gasteiger partial charge >= 0.3 is 0 Å². The number of methoxy groups -OCH3 is 1. The van der Waals surface area contributed by atoms with Gasteiger partial charge in [0, 0.05) is 27.2 Å². The Morgan fingerprint density at radius 2 is 1.85 bits per heavy atom. The Bertz CT molecular complexity index is 254. The normalized spacial score (nSPS) is 16.6. The summed E-state index contributed by atoms with van der Waals surface area (Å²) < 4.78 is 10.3. The second-order valence-electron chi connectivity index (χ2n) is 5.32. The number of hydrogen-bond acceptors (Lipinski definition) is 3. The lowest BCUT2D eigenvalue weighted by Gasteiger charge is -2.13. The first-order chi connectivity index (χ1) is 9.86. The molecular weight excluding hydrogens is 254 g/mol. The van der Waals surface area contributed by atoms with Crippen LogP contribution >= 0.6 is 0 Å². The number of ether oxygens (including phenoxy) is 2. The van der Waals surface area contributed by atoms with Crippen LogP contribution in [0.4, 0.5) is 0 Å². The van der Waals surface area contributed by atoms with Crippen LogP contribution in [0.3, 0.4) is 0 Å². The zero-order valence-corrected chi connectivity index (χ0v) is 13.1. The van der Waals surface area contributed by atoms with E-state index in [1.165, 1.54) is 38.5 Å². The molecule has 118 valence electrons. The van der Waals surface area contributed by atoms with E-state index in [-0.39, 0.29) is 0 Å². The van der Waals surface area contributed by atoms with Crippen molar-refractivity contribution in [3.05, 3.63) is 0 Å². The summed E-state index contributed by atoms with van der Waals surface area (Å²) >= 11 is 0. The Labute approximate surface area is 123 Å². The maximum absolute atomic E-state index is 5.39. The first-order valence-electron chi connectivity index (χ1n) is 7.88. The Balaban J connectivity index is 1.93. The molecule has 20 heavy (non-hydrogen) atoms. The molecular formula is C15H31N3O2. The zero-order valence-electron chi connectivity index (χ0n) is 13.1. The predicted octanol–water partition coefficient (Wildman–Crippen LogP) is 1.78. The lowest BCUT2D eigenvalue weighted by atomic mass is 10.0. The van der Waals surface area contributed by atoms with Crippen molar-refractivity contribution in [2.75, 3.05) is 47.1 Å². The first kappa shape index (κ1) is 17.2. The quantitative estimate of drug-likeness (QED) is 0.365. The molecule has 0 aromatic rings. The summed E-state index contributed by atoms with van der Waals surface area (Å²) in [6.07, 6.45) is 8.33. The van der Waals surface area contributed by atoms with Gasteiger partial charge in [-0.3, -0.25) is 4.99 Å². The lowest BCUT2D eigenvalue weighted by Crippen LogP contribution is -2.39. The molecule has 0 unspecified atom stereocenters. The summed E-state index contributed by atoms with van der Waals surface area (Å²) in [7, 11) is 3.48. The number of guanidine groups is 1. The molecule has 1 saturated carbocycles. The van der Waals surface area contributed by atoms with Gasteiger partial charge in [0.05, 0.1) is 19.8 Å². The van der Waals surface area contributed by atoms with Gasteiger partial charge in [-0.25, -0.2) is 0 Å². The summed E-state index contributed by atoms with van der Waals surface area (Å²) in [5.74, 6) is 1.84. The van der Waals surface area contributed by atoms with E-state index in [1.54, 1.807) is 14.2 Å². The van der Waals surface area contributed by atoms with Gasteiger partial charge < -0.3 is 20.1 Å². The summed E-state index contributed by atoms with van der Waals surface area (Å²) in [6, 6.07) is 0. The molecule has 0 heterocycles. The highest BCUT2D eigenvalue weighted by Gasteiger charge is 2.13. The summed E-state index contributed by atoms with van der Waals surface area (Å²) in [5, 5.41) is 6.60. The Hall–Kier alpha value is -0.810. The maximum atomic E-state index is 5.39. The Morgan fingerprint density at radius 1 is 1.10 bits per heavy atom. The molecule has 1 aliphatic carbocycles. The second-order valence-corrected chi connectivity index (χ2v) is 5.32. The molecule has 0 saturated heterocycles. The van der Waals surface area contributed by atoms with Gasteiger partial charge in [0.25, 0.3) is 0 Å². The maximum Gasteiger partial charge on any atom is 0.191 e. The van der Waals surface area contributed by atoms with Gasteiger partial charge in [0.15, 0.2) is 5.96 Å². The minimum Gasteiger partial charge on any atom is -0.382 e. The number of hydrogen-bond donors (Lipinski definition) is 2. The molecule has 2 N–H and O–H groups in total. The SMILES string of the molecule is CN=C(NCCCC1CCCC1)NCCOCCOC. The van der Waals surface area contributed by atoms with Crippen molar-refractivity contribution < 1.29 is 9.47 Å². The third kappa shape index (κ3) is 8.38. The highest BCUT2D eigenvalue weighted by molar-refractivity contribution is 5.79. The van der Waals surface area contributed by atoms with Crippen LogP contribution < -0.4 is 10.6 Å². The average Bonchev–Trinajstić information content (AvgIpc) is 2.98. The van der Waals surface area contributed by atoms with Gasteiger partial charge in [0.1, 0.15) is 0 Å². The number of nitrogens with one attached hydrogen (secondary N) is 2. The zero-order chi connectivity index (χ0) is 14.5. The smallest absolute Gasteiger partial charge is 0.191 e. The molecule has 0 spiro atoms. The van der Waals surface area contributed by atoms with E-state index in [4.69, 9.17) is 9.47 Å². The van der Waals surface area contributed by atoms with E-state index in [9.17, 15) is 0 Å². The molecule has 1 fully saturated rings. The fourth-order valence-corrected chi connectivity index (χ4v) is 2.60. The van der Waals surface area contributed by atoms with Crippen molar-refractivity contribution >= 4 is 5.96 Å². The summed E-state index contributed by atoms with van der Waals surface area (Å²) in [6.45, 7) is 3.73. The van der Waals surface area contributed by atoms with E-state index in [0.717, 1.165) is 25.0 Å². The second kappa shape index (κ2) is 12.0. The molecule has 0 amide bonds. The topological polar surface area (TPSA) is 54.9 Å². The summed E-state index contributed by atoms with van der Waals surface area (Å²) in [5.41, 5.74) is 0. The van der Waals surface area contributed by atoms with E-state index in [1.807, 2.05) is 0 Å². The van der Waals surface area contributed by atoms with E-state index in [0.29, 0.717) is 19.8 Å². The Morgan fingerprint density at radius 3 is 2.55 bits per heavy atom. The minimum atomic E-state index is 0.644. The molecule has 0 aromatic carbocycles. The molecule has 1 rings (SSSR count). The average molecular weight is 285 g/mol. The standard InChI is InChI=1S/C15H31N3O2/c1-16-15(18-10-11-20-13-12-19-2)17-9-5-8-14-6-3-4-7-14/h14H,3-13H2,1-2H3,(H2,16,17,18). The number of aliphatic imine (C=N–C) groups is 1.